The molecule has 0 radical (unpaired) electrons. The van der Waals surface area contributed by atoms with Crippen LogP contribution in [0.15, 0.2) is 10.4 Å². The molecule has 1 unspecified atom stereocenters. The first-order valence-corrected chi connectivity index (χ1v) is 10.1. The van der Waals surface area contributed by atoms with E-state index in [2.05, 4.69) is 32.9 Å². The zero-order valence-corrected chi connectivity index (χ0v) is 21.1. The van der Waals surface area contributed by atoms with E-state index in [0.717, 1.165) is 23.7 Å². The number of amides is 1. The summed E-state index contributed by atoms with van der Waals surface area (Å²) in [5, 5.41) is 12.4. The number of nitrogens with zero attached hydrogens (tertiary/aromatic N) is 3. The standard InChI is InChI=1S/C18H34N6O2S.HI/c1-8-9-13(23-17(25)26-18(2,3)4)10-20-15(19-5)21-11-14-12-27-16(22-14)24(6)7;/h12-13H,8-11H2,1-7H3,(H,23,25)(H2,19,20,21);1H. The second kappa shape index (κ2) is 13.0. The second-order valence-corrected chi connectivity index (χ2v) is 8.29. The quantitative estimate of drug-likeness (QED) is 0.274. The summed E-state index contributed by atoms with van der Waals surface area (Å²) in [5.41, 5.74) is 0.453. The minimum atomic E-state index is -0.509. The lowest BCUT2D eigenvalue weighted by Crippen LogP contribution is -2.48. The number of thiazole rings is 1. The highest BCUT2D eigenvalue weighted by molar-refractivity contribution is 14.0. The maximum Gasteiger partial charge on any atom is 0.407 e. The highest BCUT2D eigenvalue weighted by Crippen LogP contribution is 2.17. The Balaban J connectivity index is 0.00000729. The number of nitrogens with one attached hydrogen (secondary N) is 3. The fourth-order valence-corrected chi connectivity index (χ4v) is 3.00. The summed E-state index contributed by atoms with van der Waals surface area (Å²) in [4.78, 5) is 22.8. The molecule has 0 spiro atoms. The Hall–Kier alpha value is -1.30. The molecule has 162 valence electrons. The minimum absolute atomic E-state index is 0. The van der Waals surface area contributed by atoms with E-state index in [1.807, 2.05) is 45.1 Å². The van der Waals surface area contributed by atoms with Crippen molar-refractivity contribution in [1.29, 1.82) is 0 Å². The van der Waals surface area contributed by atoms with Crippen LogP contribution in [0.2, 0.25) is 0 Å². The molecule has 1 aromatic heterocycles. The molecule has 10 heteroatoms. The lowest BCUT2D eigenvalue weighted by Gasteiger charge is -2.24. The molecule has 0 aliphatic rings. The number of alkyl carbamates (subject to hydrolysis) is 1. The number of hydrogen-bond acceptors (Lipinski definition) is 6. The van der Waals surface area contributed by atoms with Gasteiger partial charge in [0.05, 0.1) is 12.2 Å². The molecule has 0 aliphatic carbocycles. The summed E-state index contributed by atoms with van der Waals surface area (Å²) in [6, 6.07) is -0.0389. The van der Waals surface area contributed by atoms with Crippen molar-refractivity contribution >= 4 is 52.5 Å². The Morgan fingerprint density at radius 3 is 2.54 bits per heavy atom. The van der Waals surface area contributed by atoms with E-state index in [1.165, 1.54) is 0 Å². The molecule has 1 heterocycles. The number of anilines is 1. The average Bonchev–Trinajstić information content (AvgIpc) is 3.02. The zero-order chi connectivity index (χ0) is 20.4. The lowest BCUT2D eigenvalue weighted by molar-refractivity contribution is 0.0502. The van der Waals surface area contributed by atoms with Crippen molar-refractivity contribution in [2.24, 2.45) is 4.99 Å². The largest absolute Gasteiger partial charge is 0.444 e. The number of aliphatic imine (C=N–C) groups is 1. The molecule has 0 fully saturated rings. The van der Waals surface area contributed by atoms with Crippen molar-refractivity contribution in [2.45, 2.75) is 58.7 Å². The molecule has 1 rings (SSSR count). The van der Waals surface area contributed by atoms with Gasteiger partial charge in [0.2, 0.25) is 0 Å². The number of carbonyl (C=O) groups excluding carboxylic acids is 1. The van der Waals surface area contributed by atoms with Gasteiger partial charge in [-0.2, -0.15) is 0 Å². The van der Waals surface area contributed by atoms with Crippen LogP contribution in [0.5, 0.6) is 0 Å². The van der Waals surface area contributed by atoms with Gasteiger partial charge in [0.25, 0.3) is 0 Å². The molecule has 1 atom stereocenters. The zero-order valence-electron chi connectivity index (χ0n) is 18.0. The molecule has 0 saturated heterocycles. The fourth-order valence-electron chi connectivity index (χ4n) is 2.25. The Kier molecular flexibility index (Phi) is 12.4. The molecular formula is C18H35IN6O2S. The first kappa shape index (κ1) is 26.7. The summed E-state index contributed by atoms with van der Waals surface area (Å²) in [6.07, 6.45) is 1.41. The van der Waals surface area contributed by atoms with Crippen LogP contribution in [0.4, 0.5) is 9.93 Å². The first-order chi connectivity index (χ1) is 12.6. The van der Waals surface area contributed by atoms with Gasteiger partial charge in [-0.15, -0.1) is 35.3 Å². The normalized spacial score (nSPS) is 12.6. The fraction of sp³-hybridized carbons (Fsp3) is 0.722. The predicted molar refractivity (Wildman–Crippen MR) is 128 cm³/mol. The van der Waals surface area contributed by atoms with Gasteiger partial charge >= 0.3 is 6.09 Å². The number of rotatable bonds is 8. The van der Waals surface area contributed by atoms with Crippen molar-refractivity contribution in [2.75, 3.05) is 32.6 Å². The number of aromatic nitrogens is 1. The monoisotopic (exact) mass is 526 g/mol. The van der Waals surface area contributed by atoms with Crippen molar-refractivity contribution in [3.8, 4) is 0 Å². The minimum Gasteiger partial charge on any atom is -0.444 e. The predicted octanol–water partition coefficient (Wildman–Crippen LogP) is 3.19. The summed E-state index contributed by atoms with van der Waals surface area (Å²) in [5.74, 6) is 0.668. The van der Waals surface area contributed by atoms with E-state index < -0.39 is 11.7 Å². The molecule has 1 amide bonds. The van der Waals surface area contributed by atoms with Gasteiger partial charge in [0.1, 0.15) is 5.60 Å². The third-order valence-corrected chi connectivity index (χ3v) is 4.51. The lowest BCUT2D eigenvalue weighted by atomic mass is 10.1. The highest BCUT2D eigenvalue weighted by atomic mass is 127. The molecule has 0 aliphatic heterocycles. The Morgan fingerprint density at radius 1 is 1.36 bits per heavy atom. The number of ether oxygens (including phenoxy) is 1. The number of carbonyl (C=O) groups is 1. The number of guanidine groups is 1. The van der Waals surface area contributed by atoms with Crippen LogP contribution in [0.1, 0.15) is 46.2 Å². The van der Waals surface area contributed by atoms with E-state index in [-0.39, 0.29) is 30.0 Å². The summed E-state index contributed by atoms with van der Waals surface area (Å²) in [7, 11) is 5.67. The van der Waals surface area contributed by atoms with E-state index in [1.54, 1.807) is 18.4 Å². The van der Waals surface area contributed by atoms with Crippen LogP contribution in [0, 0.1) is 0 Å². The Morgan fingerprint density at radius 2 is 2.04 bits per heavy atom. The van der Waals surface area contributed by atoms with Crippen molar-refractivity contribution < 1.29 is 9.53 Å². The van der Waals surface area contributed by atoms with Crippen molar-refractivity contribution in [3.05, 3.63) is 11.1 Å². The molecule has 0 bridgehead atoms. The van der Waals surface area contributed by atoms with Gasteiger partial charge in [-0.05, 0) is 27.2 Å². The van der Waals surface area contributed by atoms with Gasteiger partial charge in [0.15, 0.2) is 11.1 Å². The van der Waals surface area contributed by atoms with E-state index >= 15 is 0 Å². The maximum atomic E-state index is 12.0. The molecule has 1 aromatic rings. The van der Waals surface area contributed by atoms with Crippen LogP contribution in [-0.2, 0) is 11.3 Å². The molecule has 0 aromatic carbocycles. The Bertz CT molecular complexity index is 615. The van der Waals surface area contributed by atoms with Gasteiger partial charge < -0.3 is 25.6 Å². The smallest absolute Gasteiger partial charge is 0.407 e. The van der Waals surface area contributed by atoms with Crippen LogP contribution in [0.3, 0.4) is 0 Å². The Labute approximate surface area is 189 Å². The third-order valence-electron chi connectivity index (χ3n) is 3.46. The van der Waals surface area contributed by atoms with E-state index in [0.29, 0.717) is 19.0 Å². The summed E-state index contributed by atoms with van der Waals surface area (Å²) < 4.78 is 5.34. The SMILES string of the molecule is CCCC(CNC(=NC)NCc1csc(N(C)C)n1)NC(=O)OC(C)(C)C.I. The van der Waals surface area contributed by atoms with Crippen molar-refractivity contribution in [3.63, 3.8) is 0 Å². The van der Waals surface area contributed by atoms with Gasteiger partial charge in [0, 0.05) is 39.1 Å². The molecule has 28 heavy (non-hydrogen) atoms. The third kappa shape index (κ3) is 10.9. The highest BCUT2D eigenvalue weighted by Gasteiger charge is 2.19. The number of hydrogen-bond donors (Lipinski definition) is 3. The van der Waals surface area contributed by atoms with E-state index in [9.17, 15) is 4.79 Å². The summed E-state index contributed by atoms with van der Waals surface area (Å²) >= 11 is 1.61. The number of halogens is 1. The van der Waals surface area contributed by atoms with Gasteiger partial charge in [-0.3, -0.25) is 4.99 Å². The van der Waals surface area contributed by atoms with Crippen LogP contribution < -0.4 is 20.9 Å². The van der Waals surface area contributed by atoms with Gasteiger partial charge in [-0.1, -0.05) is 13.3 Å². The van der Waals surface area contributed by atoms with Crippen molar-refractivity contribution in [1.82, 2.24) is 20.9 Å². The van der Waals surface area contributed by atoms with Crippen LogP contribution in [-0.4, -0.2) is 56.4 Å². The molecule has 8 nitrogen and oxygen atoms in total. The molecular weight excluding hydrogens is 491 g/mol. The first-order valence-electron chi connectivity index (χ1n) is 9.20. The molecule has 3 N–H and O–H groups in total. The van der Waals surface area contributed by atoms with Crippen LogP contribution >= 0.6 is 35.3 Å². The van der Waals surface area contributed by atoms with Crippen LogP contribution in [0.25, 0.3) is 0 Å². The maximum absolute atomic E-state index is 12.0. The summed E-state index contributed by atoms with van der Waals surface area (Å²) in [6.45, 7) is 8.79. The molecule has 0 saturated carbocycles. The average molecular weight is 526 g/mol. The van der Waals surface area contributed by atoms with Gasteiger partial charge in [-0.25, -0.2) is 9.78 Å². The second-order valence-electron chi connectivity index (χ2n) is 7.45. The van der Waals surface area contributed by atoms with E-state index in [4.69, 9.17) is 4.74 Å². The topological polar surface area (TPSA) is 90.9 Å².